The van der Waals surface area contributed by atoms with Gasteiger partial charge in [-0.05, 0) is 41.6 Å². The van der Waals surface area contributed by atoms with Crippen LogP contribution in [0.1, 0.15) is 28.9 Å². The number of aryl methyl sites for hydroxylation is 1. The van der Waals surface area contributed by atoms with E-state index in [0.29, 0.717) is 48.4 Å². The van der Waals surface area contributed by atoms with Crippen LogP contribution in [0.15, 0.2) is 29.3 Å². The molecule has 0 aliphatic heterocycles. The van der Waals surface area contributed by atoms with Gasteiger partial charge < -0.3 is 14.0 Å². The molecule has 1 N–H and O–H groups in total. The number of benzene rings is 1. The maximum atomic E-state index is 13.0. The molecule has 0 bridgehead atoms. The number of nitrogens with one attached hydrogen (secondary N) is 1. The van der Waals surface area contributed by atoms with Crippen molar-refractivity contribution in [3.05, 3.63) is 40.7 Å². The molecule has 1 fully saturated rings. The standard InChI is InChI=1S/C20H19ClN4O4S2/c1-10-6-12(14(9-22-10)18(26)23-19-24-25-20(29-3)30-19)13-7-15(21)17(8-16(13)28-2)31(27)11-4-5-11/h6-9,11H,4-5H2,1-3H3,(H,23,24,26)/t31-/m1/s1. The number of anilines is 1. The Hall–Kier alpha value is -2.40. The number of aromatic nitrogens is 3. The summed E-state index contributed by atoms with van der Waals surface area (Å²) in [5.41, 5.74) is 2.22. The molecule has 8 nitrogen and oxygen atoms in total. The van der Waals surface area contributed by atoms with Gasteiger partial charge in [0.05, 0.1) is 24.8 Å². The topological polar surface area (TPSA) is 109 Å². The van der Waals surface area contributed by atoms with E-state index < -0.39 is 17.1 Å². The lowest BCUT2D eigenvalue weighted by Gasteiger charge is -2.17. The molecule has 0 spiro atoms. The lowest BCUT2D eigenvalue weighted by molar-refractivity contribution is 0.102. The summed E-state index contributed by atoms with van der Waals surface area (Å²) in [5.74, 6) is 0.0655. The number of carbonyl (C=O) groups excluding carboxylic acids is 1. The van der Waals surface area contributed by atoms with E-state index in [0.717, 1.165) is 24.2 Å². The van der Waals surface area contributed by atoms with Crippen LogP contribution in [0, 0.1) is 6.92 Å². The van der Waals surface area contributed by atoms with Crippen molar-refractivity contribution in [1.82, 2.24) is 15.2 Å². The smallest absolute Gasteiger partial charge is 0.295 e. The fourth-order valence-corrected chi connectivity index (χ4v) is 5.35. The SMILES string of the molecule is COc1nnc(NC(=O)c2cnc(C)cc2-c2cc(Cl)c([S@+]([O-])C3CC3)cc2OC)s1. The zero-order valence-electron chi connectivity index (χ0n) is 17.0. The molecule has 3 aromatic rings. The molecule has 1 aromatic carbocycles. The van der Waals surface area contributed by atoms with Crippen molar-refractivity contribution in [2.24, 2.45) is 0 Å². The van der Waals surface area contributed by atoms with Gasteiger partial charge in [0, 0.05) is 41.9 Å². The van der Waals surface area contributed by atoms with Crippen LogP contribution in [0.25, 0.3) is 11.1 Å². The Kier molecular flexibility index (Phi) is 6.33. The van der Waals surface area contributed by atoms with E-state index in [-0.39, 0.29) is 5.25 Å². The van der Waals surface area contributed by atoms with Gasteiger partial charge in [0.1, 0.15) is 11.0 Å². The van der Waals surface area contributed by atoms with Crippen LogP contribution in [0.3, 0.4) is 0 Å². The molecule has 1 aliphatic rings. The van der Waals surface area contributed by atoms with Crippen molar-refractivity contribution in [3.8, 4) is 22.1 Å². The van der Waals surface area contributed by atoms with Gasteiger partial charge in [-0.2, -0.15) is 0 Å². The van der Waals surface area contributed by atoms with E-state index in [4.69, 9.17) is 21.1 Å². The van der Waals surface area contributed by atoms with Gasteiger partial charge in [-0.15, -0.1) is 5.10 Å². The van der Waals surface area contributed by atoms with Crippen LogP contribution in [-0.2, 0) is 11.2 Å². The first-order valence-corrected chi connectivity index (χ1v) is 11.8. The maximum Gasteiger partial charge on any atom is 0.295 e. The molecule has 0 saturated heterocycles. The molecule has 31 heavy (non-hydrogen) atoms. The number of pyridine rings is 1. The lowest BCUT2D eigenvalue weighted by Crippen LogP contribution is -2.14. The highest BCUT2D eigenvalue weighted by molar-refractivity contribution is 7.92. The highest BCUT2D eigenvalue weighted by Crippen LogP contribution is 2.42. The van der Waals surface area contributed by atoms with Crippen LogP contribution in [0.2, 0.25) is 5.02 Å². The molecule has 0 unspecified atom stereocenters. The first-order chi connectivity index (χ1) is 14.9. The van der Waals surface area contributed by atoms with Crippen molar-refractivity contribution < 1.29 is 18.8 Å². The Morgan fingerprint density at radius 2 is 2.00 bits per heavy atom. The highest BCUT2D eigenvalue weighted by atomic mass is 35.5. The Labute approximate surface area is 191 Å². The Morgan fingerprint density at radius 1 is 1.23 bits per heavy atom. The number of nitrogens with zero attached hydrogens (tertiary/aromatic N) is 3. The van der Waals surface area contributed by atoms with Crippen molar-refractivity contribution >= 4 is 45.2 Å². The second kappa shape index (κ2) is 8.99. The third kappa shape index (κ3) is 4.62. The van der Waals surface area contributed by atoms with E-state index in [1.165, 1.54) is 20.4 Å². The quantitative estimate of drug-likeness (QED) is 0.509. The summed E-state index contributed by atoms with van der Waals surface area (Å²) in [7, 11) is 3.00. The van der Waals surface area contributed by atoms with Crippen molar-refractivity contribution in [1.29, 1.82) is 0 Å². The number of halogens is 1. The first-order valence-electron chi connectivity index (χ1n) is 9.35. The van der Waals surface area contributed by atoms with Gasteiger partial charge in [-0.3, -0.25) is 15.1 Å². The van der Waals surface area contributed by atoms with Gasteiger partial charge >= 0.3 is 0 Å². The molecule has 1 amide bonds. The van der Waals surface area contributed by atoms with Crippen LogP contribution < -0.4 is 14.8 Å². The minimum atomic E-state index is -1.19. The molecule has 162 valence electrons. The number of carbonyl (C=O) groups is 1. The number of hydrogen-bond donors (Lipinski definition) is 1. The fourth-order valence-electron chi connectivity index (χ4n) is 3.00. The van der Waals surface area contributed by atoms with Crippen LogP contribution >= 0.6 is 22.9 Å². The van der Waals surface area contributed by atoms with Crippen molar-refractivity contribution in [3.63, 3.8) is 0 Å². The molecule has 2 heterocycles. The maximum absolute atomic E-state index is 13.0. The van der Waals surface area contributed by atoms with Crippen LogP contribution in [-0.4, -0.2) is 45.1 Å². The summed E-state index contributed by atoms with van der Waals surface area (Å²) in [6.45, 7) is 1.82. The molecule has 1 atom stereocenters. The van der Waals surface area contributed by atoms with Gasteiger partial charge in [0.25, 0.3) is 11.1 Å². The van der Waals surface area contributed by atoms with E-state index in [1.54, 1.807) is 18.2 Å². The first kappa shape index (κ1) is 21.8. The minimum Gasteiger partial charge on any atom is -0.611 e. The van der Waals surface area contributed by atoms with E-state index in [9.17, 15) is 9.35 Å². The van der Waals surface area contributed by atoms with Crippen molar-refractivity contribution in [2.75, 3.05) is 19.5 Å². The summed E-state index contributed by atoms with van der Waals surface area (Å²) >= 11 is 6.42. The van der Waals surface area contributed by atoms with Crippen LogP contribution in [0.4, 0.5) is 5.13 Å². The predicted octanol–water partition coefficient (Wildman–Crippen LogP) is 4.10. The van der Waals surface area contributed by atoms with Gasteiger partial charge in [0.15, 0.2) is 4.90 Å². The molecule has 1 aliphatic carbocycles. The summed E-state index contributed by atoms with van der Waals surface area (Å²) in [4.78, 5) is 17.8. The Bertz CT molecular complexity index is 1140. The summed E-state index contributed by atoms with van der Waals surface area (Å²) in [6.07, 6.45) is 3.34. The monoisotopic (exact) mass is 478 g/mol. The molecule has 4 rings (SSSR count). The second-order valence-corrected chi connectivity index (χ2v) is 9.93. The van der Waals surface area contributed by atoms with Crippen molar-refractivity contribution in [2.45, 2.75) is 29.9 Å². The third-order valence-corrected chi connectivity index (χ3v) is 7.75. The number of amides is 1. The number of ether oxygens (including phenoxy) is 2. The van der Waals surface area contributed by atoms with Crippen LogP contribution in [0.5, 0.6) is 10.9 Å². The molecule has 11 heteroatoms. The summed E-state index contributed by atoms with van der Waals surface area (Å²) in [6, 6.07) is 5.16. The molecule has 2 aromatic heterocycles. The van der Waals surface area contributed by atoms with E-state index in [2.05, 4.69) is 20.5 Å². The third-order valence-electron chi connectivity index (χ3n) is 4.67. The van der Waals surface area contributed by atoms with E-state index in [1.807, 2.05) is 6.92 Å². The van der Waals surface area contributed by atoms with Gasteiger partial charge in [-0.1, -0.05) is 16.7 Å². The number of hydrogen-bond acceptors (Lipinski definition) is 8. The summed E-state index contributed by atoms with van der Waals surface area (Å²) < 4.78 is 23.3. The number of methoxy groups -OCH3 is 2. The highest BCUT2D eigenvalue weighted by Gasteiger charge is 2.37. The average Bonchev–Trinajstić information content (AvgIpc) is 3.52. The molecule has 0 radical (unpaired) electrons. The normalized spacial score (nSPS) is 14.2. The summed E-state index contributed by atoms with van der Waals surface area (Å²) in [5, 5.41) is 11.6. The molecular weight excluding hydrogens is 460 g/mol. The largest absolute Gasteiger partial charge is 0.611 e. The molecular formula is C20H19ClN4O4S2. The minimum absolute atomic E-state index is 0.140. The zero-order valence-corrected chi connectivity index (χ0v) is 19.4. The molecule has 1 saturated carbocycles. The Balaban J connectivity index is 1.74. The van der Waals surface area contributed by atoms with E-state index >= 15 is 0 Å². The predicted molar refractivity (Wildman–Crippen MR) is 120 cm³/mol. The number of rotatable bonds is 7. The average molecular weight is 479 g/mol. The lowest BCUT2D eigenvalue weighted by atomic mass is 9.99. The van der Waals surface area contributed by atoms with Gasteiger partial charge in [-0.25, -0.2) is 0 Å². The van der Waals surface area contributed by atoms with Gasteiger partial charge in [0.2, 0.25) is 5.13 Å². The second-order valence-electron chi connectivity index (χ2n) is 6.88. The zero-order chi connectivity index (χ0) is 22.1. The Morgan fingerprint density at radius 3 is 2.65 bits per heavy atom. The fraction of sp³-hybridized carbons (Fsp3) is 0.300.